The zero-order valence-corrected chi connectivity index (χ0v) is 24.8. The van der Waals surface area contributed by atoms with Crippen LogP contribution in [-0.4, -0.2) is 68.2 Å². The van der Waals surface area contributed by atoms with Gasteiger partial charge in [-0.3, -0.25) is 4.79 Å². The molecule has 3 rings (SSSR count). The van der Waals surface area contributed by atoms with Crippen molar-refractivity contribution < 1.29 is 28.6 Å². The molecule has 0 aliphatic rings. The van der Waals surface area contributed by atoms with Gasteiger partial charge >= 0.3 is 12.0 Å². The number of methoxy groups -OCH3 is 2. The third kappa shape index (κ3) is 9.11. The molecule has 0 aliphatic heterocycles. The molecule has 0 atom stereocenters. The molecule has 218 valence electrons. The van der Waals surface area contributed by atoms with E-state index >= 15 is 0 Å². The summed E-state index contributed by atoms with van der Waals surface area (Å²) in [6.07, 6.45) is 2.17. The molecule has 3 amide bonds. The molecule has 0 bridgehead atoms. The Morgan fingerprint density at radius 1 is 0.976 bits per heavy atom. The van der Waals surface area contributed by atoms with E-state index in [0.717, 1.165) is 15.3 Å². The highest BCUT2D eigenvalue weighted by Crippen LogP contribution is 2.28. The van der Waals surface area contributed by atoms with Crippen molar-refractivity contribution in [3.8, 4) is 11.5 Å². The number of ether oxygens (including phenoxy) is 3. The van der Waals surface area contributed by atoms with E-state index in [1.54, 1.807) is 67.7 Å². The summed E-state index contributed by atoms with van der Waals surface area (Å²) >= 11 is 1.64. The summed E-state index contributed by atoms with van der Waals surface area (Å²) in [7, 11) is 3.18. The van der Waals surface area contributed by atoms with E-state index in [2.05, 4.69) is 11.9 Å². The van der Waals surface area contributed by atoms with Crippen LogP contribution in [-0.2, 0) is 22.5 Å². The Balaban J connectivity index is 1.72. The first-order valence-corrected chi connectivity index (χ1v) is 14.1. The Bertz CT molecular complexity index is 1340. The van der Waals surface area contributed by atoms with E-state index in [4.69, 9.17) is 14.2 Å². The average molecular weight is 580 g/mol. The second kappa shape index (κ2) is 15.5. The molecule has 1 heterocycles. The van der Waals surface area contributed by atoms with Crippen LogP contribution in [0.3, 0.4) is 0 Å². The Morgan fingerprint density at radius 2 is 1.71 bits per heavy atom. The average Bonchev–Trinajstić information content (AvgIpc) is 3.39. The fourth-order valence-corrected chi connectivity index (χ4v) is 5.00. The Hall–Kier alpha value is -4.31. The van der Waals surface area contributed by atoms with Crippen LogP contribution in [0, 0.1) is 6.92 Å². The molecule has 0 spiro atoms. The van der Waals surface area contributed by atoms with Gasteiger partial charge in [0.25, 0.3) is 0 Å². The van der Waals surface area contributed by atoms with E-state index in [9.17, 15) is 14.4 Å². The fraction of sp³-hybridized carbons (Fsp3) is 0.323. The summed E-state index contributed by atoms with van der Waals surface area (Å²) in [6.45, 7) is 8.72. The number of esters is 1. The summed E-state index contributed by atoms with van der Waals surface area (Å²) in [5.41, 5.74) is 1.87. The molecular formula is C31H37N3O6S. The zero-order valence-electron chi connectivity index (χ0n) is 24.0. The number of anilines is 1. The van der Waals surface area contributed by atoms with Gasteiger partial charge in [-0.05, 0) is 74.4 Å². The maximum absolute atomic E-state index is 13.6. The standard InChI is InChI=1S/C31H37N3O6S/c1-6-17-34(31(37)32-25-12-10-24(11-13-25)30(36)40-7-2)21-29(35)33(20-26-14-8-22(3)41-26)18-16-23-9-15-27(38-4)28(19-23)39-5/h6,8-15,19H,1,7,16-18,20-21H2,2-5H3,(H,32,37). The van der Waals surface area contributed by atoms with Gasteiger partial charge in [0.15, 0.2) is 11.5 Å². The van der Waals surface area contributed by atoms with Crippen molar-refractivity contribution in [1.29, 1.82) is 0 Å². The molecule has 2 aromatic carbocycles. The minimum atomic E-state index is -0.450. The lowest BCUT2D eigenvalue weighted by Crippen LogP contribution is -2.44. The smallest absolute Gasteiger partial charge is 0.338 e. The third-order valence-corrected chi connectivity index (χ3v) is 7.21. The van der Waals surface area contributed by atoms with Gasteiger partial charge in [0.2, 0.25) is 5.91 Å². The van der Waals surface area contributed by atoms with Crippen molar-refractivity contribution in [3.63, 3.8) is 0 Å². The van der Waals surface area contributed by atoms with Crippen LogP contribution < -0.4 is 14.8 Å². The summed E-state index contributed by atoms with van der Waals surface area (Å²) in [6, 6.07) is 15.7. The second-order valence-corrected chi connectivity index (χ2v) is 10.5. The van der Waals surface area contributed by atoms with E-state index in [1.165, 1.54) is 4.90 Å². The molecule has 0 radical (unpaired) electrons. The van der Waals surface area contributed by atoms with Crippen molar-refractivity contribution >= 4 is 34.9 Å². The number of amides is 3. The lowest BCUT2D eigenvalue weighted by molar-refractivity contribution is -0.132. The highest BCUT2D eigenvalue weighted by molar-refractivity contribution is 7.11. The summed E-state index contributed by atoms with van der Waals surface area (Å²) < 4.78 is 15.8. The number of thiophene rings is 1. The van der Waals surface area contributed by atoms with Crippen LogP contribution in [0.5, 0.6) is 11.5 Å². The molecule has 1 N–H and O–H groups in total. The zero-order chi connectivity index (χ0) is 29.8. The van der Waals surface area contributed by atoms with Gasteiger partial charge in [-0.1, -0.05) is 12.1 Å². The number of carbonyl (C=O) groups is 3. The monoisotopic (exact) mass is 579 g/mol. The van der Waals surface area contributed by atoms with E-state index in [-0.39, 0.29) is 25.6 Å². The molecule has 41 heavy (non-hydrogen) atoms. The van der Waals surface area contributed by atoms with E-state index in [1.807, 2.05) is 37.3 Å². The van der Waals surface area contributed by atoms with Crippen LogP contribution in [0.4, 0.5) is 10.5 Å². The summed E-state index contributed by atoms with van der Waals surface area (Å²) in [4.78, 5) is 44.0. The number of benzene rings is 2. The quantitative estimate of drug-likeness (QED) is 0.199. The number of nitrogens with zero attached hydrogens (tertiary/aromatic N) is 2. The normalized spacial score (nSPS) is 10.4. The largest absolute Gasteiger partial charge is 0.493 e. The number of hydrogen-bond acceptors (Lipinski definition) is 7. The van der Waals surface area contributed by atoms with Crippen LogP contribution >= 0.6 is 11.3 Å². The first-order chi connectivity index (χ1) is 19.8. The number of nitrogens with one attached hydrogen (secondary N) is 1. The molecule has 0 saturated heterocycles. The lowest BCUT2D eigenvalue weighted by atomic mass is 10.1. The van der Waals surface area contributed by atoms with Crippen LogP contribution in [0.25, 0.3) is 0 Å². The minimum Gasteiger partial charge on any atom is -0.493 e. The minimum absolute atomic E-state index is 0.130. The number of hydrogen-bond donors (Lipinski definition) is 1. The van der Waals surface area contributed by atoms with Crippen molar-refractivity contribution in [2.45, 2.75) is 26.8 Å². The molecule has 0 aliphatic carbocycles. The Labute approximate surface area is 245 Å². The number of aryl methyl sites for hydroxylation is 1. The fourth-order valence-electron chi connectivity index (χ4n) is 4.10. The van der Waals surface area contributed by atoms with Gasteiger partial charge in [-0.15, -0.1) is 17.9 Å². The predicted octanol–water partition coefficient (Wildman–Crippen LogP) is 5.54. The molecule has 0 unspecified atom stereocenters. The van der Waals surface area contributed by atoms with Crippen LogP contribution in [0.2, 0.25) is 0 Å². The number of carbonyl (C=O) groups excluding carboxylic acids is 3. The Kier molecular flexibility index (Phi) is 11.8. The maximum Gasteiger partial charge on any atom is 0.338 e. The predicted molar refractivity (Wildman–Crippen MR) is 161 cm³/mol. The molecule has 0 saturated carbocycles. The summed E-state index contributed by atoms with van der Waals surface area (Å²) in [5.74, 6) is 0.644. The molecule has 1 aromatic heterocycles. The molecule has 10 heteroatoms. The van der Waals surface area contributed by atoms with Crippen molar-refractivity contribution in [1.82, 2.24) is 9.80 Å². The van der Waals surface area contributed by atoms with Gasteiger partial charge in [-0.2, -0.15) is 0 Å². The SMILES string of the molecule is C=CCN(CC(=O)N(CCc1ccc(OC)c(OC)c1)Cc1ccc(C)s1)C(=O)Nc1ccc(C(=O)OCC)cc1. The van der Waals surface area contributed by atoms with Gasteiger partial charge in [0, 0.05) is 28.5 Å². The summed E-state index contributed by atoms with van der Waals surface area (Å²) in [5, 5.41) is 2.80. The molecule has 9 nitrogen and oxygen atoms in total. The van der Waals surface area contributed by atoms with Gasteiger partial charge in [0.1, 0.15) is 6.54 Å². The van der Waals surface area contributed by atoms with E-state index < -0.39 is 12.0 Å². The van der Waals surface area contributed by atoms with Gasteiger partial charge in [0.05, 0.1) is 32.9 Å². The number of rotatable bonds is 14. The Morgan fingerprint density at radius 3 is 2.32 bits per heavy atom. The topological polar surface area (TPSA) is 97.4 Å². The first-order valence-electron chi connectivity index (χ1n) is 13.3. The van der Waals surface area contributed by atoms with Crippen LogP contribution in [0.1, 0.15) is 32.6 Å². The molecule has 3 aromatic rings. The van der Waals surface area contributed by atoms with Gasteiger partial charge in [-0.25, -0.2) is 9.59 Å². The van der Waals surface area contributed by atoms with E-state index in [0.29, 0.717) is 42.3 Å². The van der Waals surface area contributed by atoms with Crippen molar-refractivity contribution in [2.24, 2.45) is 0 Å². The molecular weight excluding hydrogens is 542 g/mol. The molecule has 0 fully saturated rings. The third-order valence-electron chi connectivity index (χ3n) is 6.22. The highest BCUT2D eigenvalue weighted by atomic mass is 32.1. The van der Waals surface area contributed by atoms with Crippen LogP contribution in [0.15, 0.2) is 67.3 Å². The maximum atomic E-state index is 13.6. The lowest BCUT2D eigenvalue weighted by Gasteiger charge is -2.27. The highest BCUT2D eigenvalue weighted by Gasteiger charge is 2.22. The first kappa shape index (κ1) is 31.2. The van der Waals surface area contributed by atoms with Gasteiger partial charge < -0.3 is 29.3 Å². The van der Waals surface area contributed by atoms with Crippen molar-refractivity contribution in [2.75, 3.05) is 45.8 Å². The van der Waals surface area contributed by atoms with Crippen molar-refractivity contribution in [3.05, 3.63) is 88.1 Å². The number of urea groups is 1. The second-order valence-electron chi connectivity index (χ2n) is 9.16.